The van der Waals surface area contributed by atoms with E-state index in [1.165, 1.54) is 37.7 Å². The van der Waals surface area contributed by atoms with E-state index in [0.29, 0.717) is 0 Å². The second kappa shape index (κ2) is 8.42. The molecule has 1 heteroatoms. The van der Waals surface area contributed by atoms with Crippen LogP contribution in [0.25, 0.3) is 0 Å². The number of ether oxygens (including phenoxy) is 1. The Bertz CT molecular complexity index is 458. The highest BCUT2D eigenvalue weighted by Crippen LogP contribution is 2.31. The zero-order valence-electron chi connectivity index (χ0n) is 12.1. The quantitative estimate of drug-likeness (QED) is 0.740. The molecule has 1 fully saturated rings. The summed E-state index contributed by atoms with van der Waals surface area (Å²) in [5.74, 6) is 1.72. The summed E-state index contributed by atoms with van der Waals surface area (Å²) in [5, 5.41) is 0. The molecular weight excluding hydrogens is 244 g/mol. The van der Waals surface area contributed by atoms with Crippen molar-refractivity contribution in [3.05, 3.63) is 66.2 Å². The highest BCUT2D eigenvalue weighted by molar-refractivity contribution is 5.20. The molecule has 0 aliphatic heterocycles. The summed E-state index contributed by atoms with van der Waals surface area (Å²) in [4.78, 5) is 0. The van der Waals surface area contributed by atoms with E-state index >= 15 is 0 Å². The van der Waals surface area contributed by atoms with Gasteiger partial charge in [0, 0.05) is 0 Å². The standard InChI is InChI=1S/C12H15.C7H7O/c1-3-7-11(8-4-1)12-9-5-2-6-10-12;1-8-7-5-3-2-4-6-7/h5-6,9-11H,1,3-4,7-8H2;3-6H,1H3. The summed E-state index contributed by atoms with van der Waals surface area (Å²) < 4.78 is 4.89. The molecule has 0 heterocycles. The largest absolute Gasteiger partial charge is 0.497 e. The van der Waals surface area contributed by atoms with Crippen LogP contribution in [0.1, 0.15) is 43.6 Å². The number of hydrogen-bond donors (Lipinski definition) is 0. The number of methoxy groups -OCH3 is 1. The molecule has 1 aliphatic rings. The van der Waals surface area contributed by atoms with Crippen molar-refractivity contribution in [1.29, 1.82) is 0 Å². The molecule has 0 bridgehead atoms. The van der Waals surface area contributed by atoms with Crippen molar-refractivity contribution in [1.82, 2.24) is 0 Å². The molecule has 0 aromatic heterocycles. The zero-order chi connectivity index (χ0) is 14.0. The van der Waals surface area contributed by atoms with Gasteiger partial charge < -0.3 is 4.74 Å². The smallest absolute Gasteiger partial charge is 0.118 e. The molecule has 0 spiro atoms. The van der Waals surface area contributed by atoms with Crippen molar-refractivity contribution in [2.45, 2.75) is 38.0 Å². The van der Waals surface area contributed by atoms with Gasteiger partial charge in [-0.1, -0.05) is 55.7 Å². The average molecular weight is 266 g/mol. The van der Waals surface area contributed by atoms with Crippen LogP contribution in [-0.4, -0.2) is 7.11 Å². The van der Waals surface area contributed by atoms with Gasteiger partial charge in [0.15, 0.2) is 0 Å². The third kappa shape index (κ3) is 4.73. The van der Waals surface area contributed by atoms with Gasteiger partial charge >= 0.3 is 0 Å². The lowest BCUT2D eigenvalue weighted by Crippen LogP contribution is -2.03. The van der Waals surface area contributed by atoms with E-state index in [4.69, 9.17) is 4.74 Å². The minimum absolute atomic E-state index is 0.841. The molecule has 1 aliphatic carbocycles. The van der Waals surface area contributed by atoms with Crippen molar-refractivity contribution in [2.24, 2.45) is 0 Å². The topological polar surface area (TPSA) is 9.23 Å². The molecule has 3 rings (SSSR count). The van der Waals surface area contributed by atoms with Crippen molar-refractivity contribution < 1.29 is 4.74 Å². The van der Waals surface area contributed by atoms with Gasteiger partial charge in [0.05, 0.1) is 7.11 Å². The molecule has 0 atom stereocenters. The van der Waals surface area contributed by atoms with Crippen molar-refractivity contribution in [2.75, 3.05) is 7.11 Å². The molecule has 0 N–H and O–H groups in total. The van der Waals surface area contributed by atoms with Crippen LogP contribution in [-0.2, 0) is 0 Å². The molecule has 0 amide bonds. The monoisotopic (exact) mass is 266 g/mol. The van der Waals surface area contributed by atoms with Crippen LogP contribution in [0.15, 0.2) is 48.5 Å². The fourth-order valence-corrected chi connectivity index (χ4v) is 2.62. The second-order valence-electron chi connectivity index (χ2n) is 5.11. The fourth-order valence-electron chi connectivity index (χ4n) is 2.62. The summed E-state index contributed by atoms with van der Waals surface area (Å²) in [5.41, 5.74) is 1.52. The molecule has 2 aromatic carbocycles. The van der Waals surface area contributed by atoms with Gasteiger partial charge in [-0.25, -0.2) is 0 Å². The molecule has 0 saturated heterocycles. The maximum Gasteiger partial charge on any atom is 0.118 e. The minimum atomic E-state index is 0.841. The minimum Gasteiger partial charge on any atom is -0.497 e. The van der Waals surface area contributed by atoms with Gasteiger partial charge in [-0.05, 0) is 48.6 Å². The van der Waals surface area contributed by atoms with E-state index < -0.39 is 0 Å². The van der Waals surface area contributed by atoms with E-state index in [1.807, 2.05) is 36.4 Å². The normalized spacial score (nSPS) is 15.1. The van der Waals surface area contributed by atoms with E-state index in [1.54, 1.807) is 7.11 Å². The predicted octanol–water partition coefficient (Wildman–Crippen LogP) is 5.03. The third-order valence-corrected chi connectivity index (χ3v) is 3.74. The molecule has 2 radical (unpaired) electrons. The Hall–Kier alpha value is -1.76. The molecule has 20 heavy (non-hydrogen) atoms. The lowest BCUT2D eigenvalue weighted by atomic mass is 9.84. The Morgan fingerprint density at radius 1 is 0.850 bits per heavy atom. The van der Waals surface area contributed by atoms with Gasteiger partial charge in [-0.2, -0.15) is 0 Å². The van der Waals surface area contributed by atoms with Crippen LogP contribution in [0.3, 0.4) is 0 Å². The maximum absolute atomic E-state index is 4.89. The predicted molar refractivity (Wildman–Crippen MR) is 82.9 cm³/mol. The number of benzene rings is 2. The van der Waals surface area contributed by atoms with E-state index in [-0.39, 0.29) is 0 Å². The summed E-state index contributed by atoms with van der Waals surface area (Å²) in [7, 11) is 1.65. The van der Waals surface area contributed by atoms with E-state index in [2.05, 4.69) is 24.3 Å². The van der Waals surface area contributed by atoms with Gasteiger partial charge in [-0.15, -0.1) is 0 Å². The second-order valence-corrected chi connectivity index (χ2v) is 5.11. The van der Waals surface area contributed by atoms with Crippen LogP contribution < -0.4 is 4.74 Å². The van der Waals surface area contributed by atoms with Crippen molar-refractivity contribution >= 4 is 0 Å². The van der Waals surface area contributed by atoms with Crippen molar-refractivity contribution in [3.8, 4) is 5.75 Å². The number of rotatable bonds is 2. The Balaban J connectivity index is 0.000000160. The van der Waals surface area contributed by atoms with Gasteiger partial charge in [0.1, 0.15) is 5.75 Å². The molecular formula is C19H22O. The molecule has 104 valence electrons. The van der Waals surface area contributed by atoms with Crippen LogP contribution in [0.4, 0.5) is 0 Å². The van der Waals surface area contributed by atoms with Crippen LogP contribution >= 0.6 is 0 Å². The van der Waals surface area contributed by atoms with E-state index in [9.17, 15) is 0 Å². The summed E-state index contributed by atoms with van der Waals surface area (Å²) in [6, 6.07) is 21.8. The summed E-state index contributed by atoms with van der Waals surface area (Å²) in [6.07, 6.45) is 7.07. The first-order valence-electron chi connectivity index (χ1n) is 7.36. The fraction of sp³-hybridized carbons (Fsp3) is 0.368. The van der Waals surface area contributed by atoms with Gasteiger partial charge in [-0.3, -0.25) is 0 Å². The first-order chi connectivity index (χ1) is 9.90. The van der Waals surface area contributed by atoms with Crippen molar-refractivity contribution in [3.63, 3.8) is 0 Å². The lowest BCUT2D eigenvalue weighted by molar-refractivity contribution is 0.415. The molecule has 1 saturated carbocycles. The van der Waals surface area contributed by atoms with Gasteiger partial charge in [0.2, 0.25) is 0 Å². The Morgan fingerprint density at radius 3 is 1.90 bits per heavy atom. The third-order valence-electron chi connectivity index (χ3n) is 3.74. The highest BCUT2D eigenvalue weighted by atomic mass is 16.5. The lowest BCUT2D eigenvalue weighted by Gasteiger charge is -2.21. The molecule has 1 nitrogen and oxygen atoms in total. The molecule has 0 unspecified atom stereocenters. The Morgan fingerprint density at radius 2 is 1.40 bits per heavy atom. The maximum atomic E-state index is 4.89. The van der Waals surface area contributed by atoms with Crippen LogP contribution in [0.5, 0.6) is 5.75 Å². The molecule has 2 aromatic rings. The Labute approximate surface area is 122 Å². The first-order valence-corrected chi connectivity index (χ1v) is 7.36. The Kier molecular flexibility index (Phi) is 6.16. The zero-order valence-corrected chi connectivity index (χ0v) is 12.1. The van der Waals surface area contributed by atoms with Gasteiger partial charge in [0.25, 0.3) is 0 Å². The number of hydrogen-bond acceptors (Lipinski definition) is 1. The van der Waals surface area contributed by atoms with Crippen LogP contribution in [0.2, 0.25) is 0 Å². The van der Waals surface area contributed by atoms with E-state index in [0.717, 1.165) is 11.7 Å². The summed E-state index contributed by atoms with van der Waals surface area (Å²) in [6.45, 7) is 0. The SMILES string of the molecule is COc1cc[c]cc1.[c]1ccc(C2CCCCC2)cc1. The highest BCUT2D eigenvalue weighted by Gasteiger charge is 2.14. The van der Waals surface area contributed by atoms with Crippen LogP contribution in [0, 0.1) is 12.1 Å². The summed E-state index contributed by atoms with van der Waals surface area (Å²) >= 11 is 0. The first kappa shape index (κ1) is 14.6. The average Bonchev–Trinajstić information content (AvgIpc) is 2.58.